The average molecular weight is 668 g/mol. The van der Waals surface area contributed by atoms with Gasteiger partial charge in [-0.05, 0) is 105 Å². The Kier molecular flexibility index (Phi) is 6.97. The molecule has 0 radical (unpaired) electrons. The molecule has 9 aromatic rings. The third kappa shape index (κ3) is 4.58. The fraction of sp³-hybridized carbons (Fsp3) is 0.0625. The minimum Gasteiger partial charge on any atom is -0.456 e. The summed E-state index contributed by atoms with van der Waals surface area (Å²) >= 11 is 0. The molecule has 1 aliphatic carbocycles. The van der Waals surface area contributed by atoms with Crippen molar-refractivity contribution in [3.63, 3.8) is 0 Å². The maximum atomic E-state index is 6.53. The molecule has 4 nitrogen and oxygen atoms in total. The van der Waals surface area contributed by atoms with E-state index in [2.05, 4.69) is 153 Å². The summed E-state index contributed by atoms with van der Waals surface area (Å²) in [6.07, 6.45) is 0.808. The fourth-order valence-corrected chi connectivity index (χ4v) is 8.41. The molecule has 0 N–H and O–H groups in total. The first kappa shape index (κ1) is 30.2. The third-order valence-electron chi connectivity index (χ3n) is 10.8. The lowest BCUT2D eigenvalue weighted by atomic mass is 9.80. The standard InChI is InChI=1S/C48H33N3O/c1-29-30(2)42(38-28-34-22-12-13-23-35(34)43(38)41(29)32-18-8-4-9-19-32)46-47(33-20-10-5-11-21-33)49-51-50-48(46)45-36(31-16-6-3-7-17-31)26-27-40-44(45)37-24-14-15-25-39(37)52-40/h3-27H,28H2,1-2H3. The van der Waals surface area contributed by atoms with Gasteiger partial charge in [-0.1, -0.05) is 133 Å². The minimum absolute atomic E-state index is 0.790. The maximum Gasteiger partial charge on any atom is 0.136 e. The SMILES string of the molecule is Cc1c(C)c(-c2ccccc2)c2c(c1-c1c(-c3ccccc3)nnnc1-c1c(-c3ccccc3)ccc3oc4ccccc4c13)Cc1ccccc1-2. The first-order chi connectivity index (χ1) is 25.7. The van der Waals surface area contributed by atoms with Crippen molar-refractivity contribution in [1.29, 1.82) is 0 Å². The number of benzene rings is 7. The second-order valence-corrected chi connectivity index (χ2v) is 13.6. The third-order valence-corrected chi connectivity index (χ3v) is 10.8. The van der Waals surface area contributed by atoms with Gasteiger partial charge in [0.15, 0.2) is 0 Å². The smallest absolute Gasteiger partial charge is 0.136 e. The molecule has 0 saturated carbocycles. The Morgan fingerprint density at radius 3 is 1.83 bits per heavy atom. The lowest BCUT2D eigenvalue weighted by Crippen LogP contribution is -2.06. The average Bonchev–Trinajstić information content (AvgIpc) is 3.78. The van der Waals surface area contributed by atoms with Crippen molar-refractivity contribution in [3.05, 3.63) is 174 Å². The van der Waals surface area contributed by atoms with Crippen LogP contribution in [0.25, 0.3) is 89.0 Å². The van der Waals surface area contributed by atoms with Crippen molar-refractivity contribution >= 4 is 21.9 Å². The van der Waals surface area contributed by atoms with Gasteiger partial charge in [-0.2, -0.15) is 0 Å². The first-order valence-electron chi connectivity index (χ1n) is 17.8. The van der Waals surface area contributed by atoms with Crippen molar-refractivity contribution in [1.82, 2.24) is 15.4 Å². The quantitative estimate of drug-likeness (QED) is 0.183. The fourth-order valence-electron chi connectivity index (χ4n) is 8.41. The molecule has 246 valence electrons. The van der Waals surface area contributed by atoms with Gasteiger partial charge in [0.1, 0.15) is 22.6 Å². The monoisotopic (exact) mass is 667 g/mol. The summed E-state index contributed by atoms with van der Waals surface area (Å²) in [5, 5.41) is 16.6. The Morgan fingerprint density at radius 2 is 1.06 bits per heavy atom. The van der Waals surface area contributed by atoms with Gasteiger partial charge >= 0.3 is 0 Å². The highest BCUT2D eigenvalue weighted by Crippen LogP contribution is 2.54. The molecule has 0 bridgehead atoms. The van der Waals surface area contributed by atoms with E-state index in [1.807, 2.05) is 18.2 Å². The Bertz CT molecular complexity index is 2820. The number of rotatable bonds is 5. The van der Waals surface area contributed by atoms with Crippen LogP contribution in [0.2, 0.25) is 0 Å². The molecule has 0 amide bonds. The summed E-state index contributed by atoms with van der Waals surface area (Å²) in [6.45, 7) is 4.54. The number of aromatic nitrogens is 3. The van der Waals surface area contributed by atoms with Crippen LogP contribution in [0.4, 0.5) is 0 Å². The summed E-state index contributed by atoms with van der Waals surface area (Å²) in [6, 6.07) is 53.2. The Hall–Kier alpha value is -6.65. The molecule has 0 spiro atoms. The highest BCUT2D eigenvalue weighted by atomic mass is 16.3. The summed E-state index contributed by atoms with van der Waals surface area (Å²) in [7, 11) is 0. The van der Waals surface area contributed by atoms with E-state index in [4.69, 9.17) is 14.6 Å². The van der Waals surface area contributed by atoms with E-state index in [0.29, 0.717) is 0 Å². The normalized spacial score (nSPS) is 12.0. The van der Waals surface area contributed by atoms with E-state index in [-0.39, 0.29) is 0 Å². The van der Waals surface area contributed by atoms with Crippen LogP contribution in [0, 0.1) is 13.8 Å². The second kappa shape index (κ2) is 12.0. The van der Waals surface area contributed by atoms with Crippen LogP contribution in [0.5, 0.6) is 0 Å². The van der Waals surface area contributed by atoms with Gasteiger partial charge in [-0.15, -0.1) is 10.2 Å². The molecule has 0 fully saturated rings. The molecule has 4 heteroatoms. The highest BCUT2D eigenvalue weighted by Gasteiger charge is 2.33. The van der Waals surface area contributed by atoms with Crippen LogP contribution >= 0.6 is 0 Å². The molecule has 0 aliphatic heterocycles. The number of hydrogen-bond acceptors (Lipinski definition) is 4. The van der Waals surface area contributed by atoms with Gasteiger partial charge in [-0.25, -0.2) is 0 Å². The lowest BCUT2D eigenvalue weighted by Gasteiger charge is -2.24. The van der Waals surface area contributed by atoms with Gasteiger partial charge in [0.2, 0.25) is 0 Å². The highest BCUT2D eigenvalue weighted by molar-refractivity contribution is 6.17. The van der Waals surface area contributed by atoms with E-state index in [0.717, 1.165) is 67.6 Å². The zero-order chi connectivity index (χ0) is 34.8. The number of fused-ring (bicyclic) bond motifs is 6. The van der Waals surface area contributed by atoms with E-state index < -0.39 is 0 Å². The predicted octanol–water partition coefficient (Wildman–Crippen LogP) is 12.3. The molecule has 10 rings (SSSR count). The Morgan fingerprint density at radius 1 is 0.442 bits per heavy atom. The molecule has 0 unspecified atom stereocenters. The molecule has 0 atom stereocenters. The van der Waals surface area contributed by atoms with Crippen molar-refractivity contribution in [2.75, 3.05) is 0 Å². The molecule has 2 heterocycles. The molecular formula is C48H33N3O. The molecule has 2 aromatic heterocycles. The van der Waals surface area contributed by atoms with E-state index >= 15 is 0 Å². The summed E-state index contributed by atoms with van der Waals surface area (Å²) in [5.74, 6) is 0. The van der Waals surface area contributed by atoms with Crippen molar-refractivity contribution < 1.29 is 4.42 Å². The first-order valence-corrected chi connectivity index (χ1v) is 17.8. The van der Waals surface area contributed by atoms with Gasteiger partial charge < -0.3 is 4.42 Å². The second-order valence-electron chi connectivity index (χ2n) is 13.6. The summed E-state index contributed by atoms with van der Waals surface area (Å²) < 4.78 is 6.53. The van der Waals surface area contributed by atoms with Gasteiger partial charge in [0, 0.05) is 27.5 Å². The number of nitrogens with zero attached hydrogens (tertiary/aromatic N) is 3. The van der Waals surface area contributed by atoms with Crippen LogP contribution in [-0.4, -0.2) is 15.4 Å². The number of furan rings is 1. The van der Waals surface area contributed by atoms with Crippen LogP contribution in [-0.2, 0) is 6.42 Å². The maximum absolute atomic E-state index is 6.53. The van der Waals surface area contributed by atoms with Crippen LogP contribution in [0.1, 0.15) is 22.3 Å². The topological polar surface area (TPSA) is 51.8 Å². The molecular weight excluding hydrogens is 635 g/mol. The largest absolute Gasteiger partial charge is 0.456 e. The summed E-state index contributed by atoms with van der Waals surface area (Å²) in [5.41, 5.74) is 19.7. The number of hydrogen-bond donors (Lipinski definition) is 0. The molecule has 0 saturated heterocycles. The predicted molar refractivity (Wildman–Crippen MR) is 212 cm³/mol. The van der Waals surface area contributed by atoms with E-state index in [1.165, 1.54) is 50.1 Å². The van der Waals surface area contributed by atoms with E-state index in [1.54, 1.807) is 0 Å². The van der Waals surface area contributed by atoms with Gasteiger partial charge in [0.25, 0.3) is 0 Å². The lowest BCUT2D eigenvalue weighted by molar-refractivity contribution is 0.669. The van der Waals surface area contributed by atoms with Crippen LogP contribution in [0.15, 0.2) is 156 Å². The molecule has 52 heavy (non-hydrogen) atoms. The van der Waals surface area contributed by atoms with Crippen molar-refractivity contribution in [2.24, 2.45) is 0 Å². The van der Waals surface area contributed by atoms with Gasteiger partial charge in [-0.3, -0.25) is 0 Å². The van der Waals surface area contributed by atoms with Gasteiger partial charge in [0.05, 0.1) is 0 Å². The Balaban J connectivity index is 1.40. The Labute approximate surface area is 302 Å². The summed E-state index contributed by atoms with van der Waals surface area (Å²) in [4.78, 5) is 0. The minimum atomic E-state index is 0.790. The van der Waals surface area contributed by atoms with Crippen LogP contribution < -0.4 is 0 Å². The molecule has 1 aliphatic rings. The molecule has 7 aromatic carbocycles. The van der Waals surface area contributed by atoms with Crippen LogP contribution in [0.3, 0.4) is 0 Å². The zero-order valence-corrected chi connectivity index (χ0v) is 28.9. The van der Waals surface area contributed by atoms with E-state index in [9.17, 15) is 0 Å². The van der Waals surface area contributed by atoms with Crippen molar-refractivity contribution in [3.8, 4) is 67.0 Å². The zero-order valence-electron chi connectivity index (χ0n) is 28.9. The van der Waals surface area contributed by atoms with Crippen molar-refractivity contribution in [2.45, 2.75) is 20.3 Å². The number of para-hydroxylation sites is 1.